The van der Waals surface area contributed by atoms with E-state index in [1.165, 1.54) is 49.6 Å². The Labute approximate surface area is 253 Å². The number of halogens is 1. The molecule has 2 fully saturated rings. The summed E-state index contributed by atoms with van der Waals surface area (Å²) in [7, 11) is -1.95. The number of allylic oxidation sites excluding steroid dienone is 1. The van der Waals surface area contributed by atoms with Gasteiger partial charge in [0.1, 0.15) is 11.6 Å². The van der Waals surface area contributed by atoms with E-state index >= 15 is 4.39 Å². The predicted molar refractivity (Wildman–Crippen MR) is 173 cm³/mol. The standard InChI is InChI=1S/C32H40FN7O2S/c1-4-39-18-14-32(15-19-39)16-20-40(21-17-32)28-13-12-23(22-25(28)33)34-31-36-26-10-7-8-24(26)30(37-31)35-27-9-5-6-11-29(27)38(2)43(3,41)42/h5-9,11-13,22H,4,10,14-21H2,1-3H3,(H2,34,35,36,37). The maximum absolute atomic E-state index is 15.5. The Morgan fingerprint density at radius 2 is 1.72 bits per heavy atom. The van der Waals surface area contributed by atoms with E-state index in [9.17, 15) is 8.42 Å². The molecule has 6 rings (SSSR count). The minimum Gasteiger partial charge on any atom is -0.369 e. The van der Waals surface area contributed by atoms with Crippen molar-refractivity contribution in [3.8, 4) is 0 Å². The van der Waals surface area contributed by atoms with Crippen LogP contribution in [0, 0.1) is 11.2 Å². The number of aromatic nitrogens is 2. The quantitative estimate of drug-likeness (QED) is 0.334. The smallest absolute Gasteiger partial charge is 0.232 e. The van der Waals surface area contributed by atoms with Gasteiger partial charge in [-0.15, -0.1) is 0 Å². The van der Waals surface area contributed by atoms with Gasteiger partial charge in [0.15, 0.2) is 0 Å². The van der Waals surface area contributed by atoms with Crippen LogP contribution in [0.25, 0.3) is 6.08 Å². The van der Waals surface area contributed by atoms with E-state index in [0.29, 0.717) is 46.4 Å². The molecule has 0 amide bonds. The van der Waals surface area contributed by atoms with Crippen molar-refractivity contribution in [2.45, 2.75) is 39.0 Å². The number of benzene rings is 2. The predicted octanol–water partition coefficient (Wildman–Crippen LogP) is 5.77. The van der Waals surface area contributed by atoms with E-state index in [-0.39, 0.29) is 5.82 Å². The van der Waals surface area contributed by atoms with Gasteiger partial charge in [0.25, 0.3) is 0 Å². The van der Waals surface area contributed by atoms with Crippen molar-refractivity contribution < 1.29 is 12.8 Å². The molecule has 3 aliphatic rings. The molecule has 1 aromatic heterocycles. The Morgan fingerprint density at radius 3 is 2.42 bits per heavy atom. The minimum absolute atomic E-state index is 0.263. The number of sulfonamides is 1. The lowest BCUT2D eigenvalue weighted by atomic mass is 9.71. The number of piperidine rings is 2. The molecule has 2 N–H and O–H groups in total. The Bertz CT molecular complexity index is 1630. The lowest BCUT2D eigenvalue weighted by molar-refractivity contribution is 0.0830. The Hall–Kier alpha value is -3.70. The van der Waals surface area contributed by atoms with Gasteiger partial charge < -0.3 is 20.4 Å². The zero-order valence-electron chi connectivity index (χ0n) is 25.1. The first-order chi connectivity index (χ1) is 20.6. The maximum atomic E-state index is 15.5. The summed E-state index contributed by atoms with van der Waals surface area (Å²) in [5.74, 6) is 0.616. The Kier molecular flexibility index (Phi) is 8.04. The van der Waals surface area contributed by atoms with E-state index in [2.05, 4.69) is 32.3 Å². The van der Waals surface area contributed by atoms with Crippen LogP contribution in [0.4, 0.5) is 38.9 Å². The number of nitrogens with one attached hydrogen (secondary N) is 2. The van der Waals surface area contributed by atoms with Crippen LogP contribution in [0.3, 0.4) is 0 Å². The molecule has 1 aliphatic carbocycles. The molecule has 228 valence electrons. The fourth-order valence-corrected chi connectivity index (χ4v) is 7.00. The van der Waals surface area contributed by atoms with E-state index in [0.717, 1.165) is 43.7 Å². The first-order valence-electron chi connectivity index (χ1n) is 15.1. The highest BCUT2D eigenvalue weighted by Crippen LogP contribution is 2.42. The maximum Gasteiger partial charge on any atom is 0.232 e. The van der Waals surface area contributed by atoms with Crippen molar-refractivity contribution in [3.05, 3.63) is 65.6 Å². The van der Waals surface area contributed by atoms with Crippen molar-refractivity contribution in [3.63, 3.8) is 0 Å². The molecule has 9 nitrogen and oxygen atoms in total. The third kappa shape index (κ3) is 6.19. The van der Waals surface area contributed by atoms with Crippen LogP contribution in [0.5, 0.6) is 0 Å². The average molecular weight is 606 g/mol. The second-order valence-electron chi connectivity index (χ2n) is 11.9. The molecule has 0 radical (unpaired) electrons. The average Bonchev–Trinajstić information content (AvgIpc) is 3.47. The molecular weight excluding hydrogens is 565 g/mol. The molecule has 3 aromatic rings. The van der Waals surface area contributed by atoms with Gasteiger partial charge in [0.2, 0.25) is 16.0 Å². The molecule has 1 spiro atoms. The molecule has 0 unspecified atom stereocenters. The highest BCUT2D eigenvalue weighted by Gasteiger charge is 2.37. The molecule has 0 bridgehead atoms. The summed E-state index contributed by atoms with van der Waals surface area (Å²) in [5, 5.41) is 6.50. The van der Waals surface area contributed by atoms with Crippen molar-refractivity contribution in [1.82, 2.24) is 14.9 Å². The van der Waals surface area contributed by atoms with Gasteiger partial charge in [-0.3, -0.25) is 4.31 Å². The molecule has 2 aromatic carbocycles. The van der Waals surface area contributed by atoms with Crippen molar-refractivity contribution in [1.29, 1.82) is 0 Å². The third-order valence-electron chi connectivity index (χ3n) is 9.35. The van der Waals surface area contributed by atoms with Crippen LogP contribution in [0.2, 0.25) is 0 Å². The monoisotopic (exact) mass is 605 g/mol. The third-order valence-corrected chi connectivity index (χ3v) is 10.5. The summed E-state index contributed by atoms with van der Waals surface area (Å²) in [6.45, 7) is 7.45. The number of hydrogen-bond acceptors (Lipinski definition) is 8. The first-order valence-corrected chi connectivity index (χ1v) is 16.9. The van der Waals surface area contributed by atoms with Crippen LogP contribution < -0.4 is 19.8 Å². The lowest BCUT2D eigenvalue weighted by Gasteiger charge is -2.47. The van der Waals surface area contributed by atoms with Gasteiger partial charge in [-0.1, -0.05) is 31.2 Å². The number of rotatable bonds is 8. The summed E-state index contributed by atoms with van der Waals surface area (Å²) in [6, 6.07) is 12.4. The highest BCUT2D eigenvalue weighted by atomic mass is 32.2. The van der Waals surface area contributed by atoms with Crippen molar-refractivity contribution >= 4 is 50.6 Å². The fraction of sp³-hybridized carbons (Fsp3) is 0.438. The first kappa shape index (κ1) is 29.4. The van der Waals surface area contributed by atoms with E-state index < -0.39 is 10.0 Å². The summed E-state index contributed by atoms with van der Waals surface area (Å²) in [6.07, 6.45) is 10.5. The number of para-hydroxylation sites is 2. The second kappa shape index (κ2) is 11.8. The molecule has 2 saturated heterocycles. The lowest BCUT2D eigenvalue weighted by Crippen LogP contribution is -2.47. The van der Waals surface area contributed by atoms with Crippen molar-refractivity contribution in [2.75, 3.05) is 65.9 Å². The van der Waals surface area contributed by atoms with Crippen LogP contribution in [-0.4, -0.2) is 69.3 Å². The van der Waals surface area contributed by atoms with Gasteiger partial charge in [-0.25, -0.2) is 17.8 Å². The molecule has 43 heavy (non-hydrogen) atoms. The van der Waals surface area contributed by atoms with E-state index in [4.69, 9.17) is 4.98 Å². The number of hydrogen-bond donors (Lipinski definition) is 2. The minimum atomic E-state index is -3.46. The van der Waals surface area contributed by atoms with Gasteiger partial charge in [-0.2, -0.15) is 4.98 Å². The van der Waals surface area contributed by atoms with E-state index in [1.807, 2.05) is 36.4 Å². The Morgan fingerprint density at radius 1 is 1.00 bits per heavy atom. The summed E-state index contributed by atoms with van der Waals surface area (Å²) >= 11 is 0. The SMILES string of the molecule is CCN1CCC2(CC1)CCN(c1ccc(Nc3nc4c(c(Nc5ccccc5N(C)S(C)(=O)=O)n3)C=CC4)cc1F)CC2. The topological polar surface area (TPSA) is 93.7 Å². The van der Waals surface area contributed by atoms with Crippen molar-refractivity contribution in [2.24, 2.45) is 5.41 Å². The van der Waals surface area contributed by atoms with Crippen LogP contribution >= 0.6 is 0 Å². The number of nitrogens with zero attached hydrogens (tertiary/aromatic N) is 5. The number of anilines is 6. The van der Waals surface area contributed by atoms with Gasteiger partial charge in [0, 0.05) is 37.8 Å². The summed E-state index contributed by atoms with van der Waals surface area (Å²) in [4.78, 5) is 14.1. The molecule has 2 aliphatic heterocycles. The van der Waals surface area contributed by atoms with E-state index in [1.54, 1.807) is 12.1 Å². The number of likely N-dealkylation sites (tertiary alicyclic amines) is 1. The van der Waals surface area contributed by atoms with Crippen LogP contribution in [-0.2, 0) is 16.4 Å². The molecule has 3 heterocycles. The van der Waals surface area contributed by atoms with Gasteiger partial charge in [-0.05, 0) is 81.1 Å². The zero-order chi connectivity index (χ0) is 30.2. The number of fused-ring (bicyclic) bond motifs is 1. The Balaban J connectivity index is 1.18. The fourth-order valence-electron chi connectivity index (χ4n) is 6.48. The zero-order valence-corrected chi connectivity index (χ0v) is 25.9. The second-order valence-corrected chi connectivity index (χ2v) is 14.0. The highest BCUT2D eigenvalue weighted by molar-refractivity contribution is 7.92. The molecular formula is C32H40FN7O2S. The molecule has 11 heteroatoms. The van der Waals surface area contributed by atoms with Crippen LogP contribution in [0.15, 0.2) is 48.5 Å². The molecule has 0 atom stereocenters. The largest absolute Gasteiger partial charge is 0.369 e. The van der Waals surface area contributed by atoms with Gasteiger partial charge >= 0.3 is 0 Å². The summed E-state index contributed by atoms with van der Waals surface area (Å²) < 4.78 is 41.2. The summed E-state index contributed by atoms with van der Waals surface area (Å²) in [5.41, 5.74) is 4.38. The van der Waals surface area contributed by atoms with Crippen LogP contribution in [0.1, 0.15) is 43.9 Å². The van der Waals surface area contributed by atoms with Gasteiger partial charge in [0.05, 0.1) is 29.0 Å². The normalized spacial score (nSPS) is 18.1. The molecule has 0 saturated carbocycles.